The van der Waals surface area contributed by atoms with Gasteiger partial charge >= 0.3 is 5.97 Å². The number of carbonyl (C=O) groups excluding carboxylic acids is 1. The maximum Gasteiger partial charge on any atom is 0.331 e. The third-order valence-electron chi connectivity index (χ3n) is 5.73. The Hall–Kier alpha value is -1.87. The zero-order valence-electron chi connectivity index (χ0n) is 19.6. The van der Waals surface area contributed by atoms with E-state index in [2.05, 4.69) is 39.0 Å². The van der Waals surface area contributed by atoms with Gasteiger partial charge in [0.15, 0.2) is 0 Å². The lowest BCUT2D eigenvalue weighted by Crippen LogP contribution is -2.48. The molecule has 0 bridgehead atoms. The third kappa shape index (κ3) is 8.99. The summed E-state index contributed by atoms with van der Waals surface area (Å²) in [7, 11) is 0. The molecule has 1 unspecified atom stereocenters. The topological polar surface area (TPSA) is 46.5 Å². The molecule has 3 nitrogen and oxygen atoms in total. The highest BCUT2D eigenvalue weighted by Crippen LogP contribution is 2.34. The summed E-state index contributed by atoms with van der Waals surface area (Å²) in [5.41, 5.74) is 1.49. The average Bonchev–Trinajstić information content (AvgIpc) is 2.72. The fraction of sp³-hybridized carbons (Fsp3) is 0.577. The summed E-state index contributed by atoms with van der Waals surface area (Å²) < 4.78 is 5.40. The Kier molecular flexibility index (Phi) is 8.89. The molecule has 0 fully saturated rings. The van der Waals surface area contributed by atoms with Crippen molar-refractivity contribution in [2.75, 3.05) is 0 Å². The Bertz CT molecular complexity index is 724. The summed E-state index contributed by atoms with van der Waals surface area (Å²) >= 11 is 0. The van der Waals surface area contributed by atoms with E-state index < -0.39 is 17.2 Å². The minimum Gasteiger partial charge on any atom is -0.453 e. The van der Waals surface area contributed by atoms with Crippen LogP contribution in [0.4, 0.5) is 0 Å². The second-order valence-corrected chi connectivity index (χ2v) is 9.69. The maximum absolute atomic E-state index is 12.1. The number of aliphatic hydroxyl groups is 1. The minimum absolute atomic E-state index is 0.131. The molecule has 0 amide bonds. The highest BCUT2D eigenvalue weighted by Gasteiger charge is 2.38. The summed E-state index contributed by atoms with van der Waals surface area (Å²) in [6.07, 6.45) is 19.2. The smallest absolute Gasteiger partial charge is 0.331 e. The van der Waals surface area contributed by atoms with Gasteiger partial charge in [-0.25, -0.2) is 4.79 Å². The molecule has 0 saturated heterocycles. The number of rotatable bonds is 7. The van der Waals surface area contributed by atoms with Crippen LogP contribution >= 0.6 is 0 Å². The van der Waals surface area contributed by atoms with Crippen molar-refractivity contribution in [3.63, 3.8) is 0 Å². The van der Waals surface area contributed by atoms with Crippen LogP contribution in [0.1, 0.15) is 81.1 Å². The van der Waals surface area contributed by atoms with E-state index in [1.165, 1.54) is 37.3 Å². The molecule has 1 atom stereocenters. The van der Waals surface area contributed by atoms with E-state index in [0.29, 0.717) is 0 Å². The molecule has 1 N–H and O–H groups in total. The van der Waals surface area contributed by atoms with Gasteiger partial charge in [-0.15, -0.1) is 0 Å². The Labute approximate surface area is 177 Å². The van der Waals surface area contributed by atoms with Gasteiger partial charge in [-0.1, -0.05) is 60.9 Å². The van der Waals surface area contributed by atoms with Gasteiger partial charge in [-0.3, -0.25) is 0 Å². The lowest BCUT2D eigenvalue weighted by atomic mass is 9.84. The number of allylic oxidation sites excluding steroid dienone is 9. The van der Waals surface area contributed by atoms with Gasteiger partial charge in [-0.05, 0) is 73.3 Å². The first-order chi connectivity index (χ1) is 13.2. The molecule has 0 saturated carbocycles. The fourth-order valence-corrected chi connectivity index (χ4v) is 3.12. The van der Waals surface area contributed by atoms with Crippen molar-refractivity contribution in [3.8, 4) is 0 Å². The van der Waals surface area contributed by atoms with Crippen LogP contribution in [0.3, 0.4) is 0 Å². The molecule has 0 aliphatic heterocycles. The monoisotopic (exact) mass is 400 g/mol. The van der Waals surface area contributed by atoms with Gasteiger partial charge in [0.1, 0.15) is 5.60 Å². The van der Waals surface area contributed by atoms with Crippen molar-refractivity contribution in [2.45, 2.75) is 92.3 Å². The normalized spacial score (nSPS) is 22.7. The molecule has 0 aromatic carbocycles. The fourth-order valence-electron chi connectivity index (χ4n) is 3.12. The minimum atomic E-state index is -1.12. The second-order valence-electron chi connectivity index (χ2n) is 9.69. The molecule has 0 spiro atoms. The largest absolute Gasteiger partial charge is 0.453 e. The van der Waals surface area contributed by atoms with E-state index in [1.54, 1.807) is 27.7 Å². The van der Waals surface area contributed by atoms with Crippen LogP contribution in [0.15, 0.2) is 59.3 Å². The zero-order valence-corrected chi connectivity index (χ0v) is 19.6. The third-order valence-corrected chi connectivity index (χ3v) is 5.73. The van der Waals surface area contributed by atoms with Gasteiger partial charge in [0, 0.05) is 11.5 Å². The molecule has 29 heavy (non-hydrogen) atoms. The first kappa shape index (κ1) is 25.2. The Balaban J connectivity index is 2.72. The summed E-state index contributed by atoms with van der Waals surface area (Å²) in [6, 6.07) is 0. The first-order valence-electron chi connectivity index (χ1n) is 10.6. The zero-order chi connectivity index (χ0) is 22.3. The number of carbonyl (C=O) groups is 1. The van der Waals surface area contributed by atoms with Crippen molar-refractivity contribution >= 4 is 5.97 Å². The van der Waals surface area contributed by atoms with Gasteiger partial charge in [0.25, 0.3) is 0 Å². The molecule has 1 rings (SSSR count). The lowest BCUT2D eigenvalue weighted by molar-refractivity contribution is -0.175. The maximum atomic E-state index is 12.1. The molecule has 0 radical (unpaired) electrons. The predicted octanol–water partition coefficient (Wildman–Crippen LogP) is 6.61. The molecule has 0 heterocycles. The van der Waals surface area contributed by atoms with Gasteiger partial charge in [0.05, 0.1) is 5.60 Å². The molecule has 3 heteroatoms. The standard InChI is InChI=1S/C26H40O3/c1-20(15-17-26(8)16-10-9-12-22(3)19-26)13-11-14-21(2)18-23(27)29-25(6,7)24(4,5)28/h11,13-15,17-19,28H,9-10,12,16H2,1-8H3/b14-11+,17-15+,20-13+,21-18+. The Morgan fingerprint density at radius 2 is 1.79 bits per heavy atom. The van der Waals surface area contributed by atoms with Crippen LogP contribution in [-0.4, -0.2) is 22.3 Å². The molecule has 0 aromatic rings. The lowest BCUT2D eigenvalue weighted by Gasteiger charge is -2.36. The molecule has 1 aliphatic rings. The SMILES string of the molecule is CC1=CC(C)(/C=C/C(C)=C/C=C/C(C)=C/C(=O)OC(C)(C)C(C)(C)O)CCCC1. The van der Waals surface area contributed by atoms with E-state index >= 15 is 0 Å². The van der Waals surface area contributed by atoms with Crippen LogP contribution < -0.4 is 0 Å². The average molecular weight is 401 g/mol. The second kappa shape index (κ2) is 10.2. The summed E-state index contributed by atoms with van der Waals surface area (Å²) in [4.78, 5) is 12.1. The molecular weight excluding hydrogens is 360 g/mol. The highest BCUT2D eigenvalue weighted by atomic mass is 16.6. The predicted molar refractivity (Wildman–Crippen MR) is 123 cm³/mol. The van der Waals surface area contributed by atoms with Crippen molar-refractivity contribution in [1.82, 2.24) is 0 Å². The van der Waals surface area contributed by atoms with Crippen molar-refractivity contribution in [1.29, 1.82) is 0 Å². The van der Waals surface area contributed by atoms with Crippen molar-refractivity contribution in [3.05, 3.63) is 59.3 Å². The first-order valence-corrected chi connectivity index (χ1v) is 10.6. The van der Waals surface area contributed by atoms with E-state index in [-0.39, 0.29) is 5.41 Å². The number of hydrogen-bond donors (Lipinski definition) is 1. The van der Waals surface area contributed by atoms with Crippen LogP contribution in [-0.2, 0) is 9.53 Å². The number of ether oxygens (including phenoxy) is 1. The Morgan fingerprint density at radius 1 is 1.14 bits per heavy atom. The molecular formula is C26H40O3. The van der Waals surface area contributed by atoms with Crippen LogP contribution in [0, 0.1) is 5.41 Å². The Morgan fingerprint density at radius 3 is 2.41 bits per heavy atom. The molecule has 162 valence electrons. The van der Waals surface area contributed by atoms with Crippen molar-refractivity contribution < 1.29 is 14.6 Å². The van der Waals surface area contributed by atoms with Crippen molar-refractivity contribution in [2.24, 2.45) is 5.41 Å². The number of hydrogen-bond acceptors (Lipinski definition) is 3. The van der Waals surface area contributed by atoms with E-state index in [1.807, 2.05) is 25.2 Å². The highest BCUT2D eigenvalue weighted by molar-refractivity contribution is 5.83. The number of esters is 1. The van der Waals surface area contributed by atoms with E-state index in [4.69, 9.17) is 4.74 Å². The quantitative estimate of drug-likeness (QED) is 0.226. The van der Waals surface area contributed by atoms with Gasteiger partial charge in [-0.2, -0.15) is 0 Å². The van der Waals surface area contributed by atoms with Gasteiger partial charge < -0.3 is 9.84 Å². The summed E-state index contributed by atoms with van der Waals surface area (Å²) in [5.74, 6) is -0.455. The molecule has 1 aliphatic carbocycles. The molecule has 0 aromatic heterocycles. The van der Waals surface area contributed by atoms with Crippen LogP contribution in [0.2, 0.25) is 0 Å². The van der Waals surface area contributed by atoms with E-state index in [0.717, 1.165) is 11.1 Å². The van der Waals surface area contributed by atoms with Gasteiger partial charge in [0.2, 0.25) is 0 Å². The van der Waals surface area contributed by atoms with Crippen LogP contribution in [0.5, 0.6) is 0 Å². The van der Waals surface area contributed by atoms with E-state index in [9.17, 15) is 9.90 Å². The summed E-state index contributed by atoms with van der Waals surface area (Å²) in [6.45, 7) is 15.1. The summed E-state index contributed by atoms with van der Waals surface area (Å²) in [5, 5.41) is 10.1. The van der Waals surface area contributed by atoms with Crippen LogP contribution in [0.25, 0.3) is 0 Å².